The maximum absolute atomic E-state index is 11.5. The Bertz CT molecular complexity index is 937. The first-order chi connectivity index (χ1) is 18.5. The van der Waals surface area contributed by atoms with E-state index in [1.54, 1.807) is 13.8 Å². The van der Waals surface area contributed by atoms with Gasteiger partial charge in [0.1, 0.15) is 0 Å². The summed E-state index contributed by atoms with van der Waals surface area (Å²) in [4.78, 5) is 22.9. The Labute approximate surface area is 229 Å². The maximum Gasteiger partial charge on any atom is 0.160 e. The monoisotopic (exact) mass is 526 g/mol. The van der Waals surface area contributed by atoms with Gasteiger partial charge in [0, 0.05) is 30.9 Å². The van der Waals surface area contributed by atoms with Crippen molar-refractivity contribution in [1.82, 2.24) is 0 Å². The fraction of sp³-hybridized carbons (Fsp3) is 0.500. The van der Waals surface area contributed by atoms with Gasteiger partial charge in [-0.25, -0.2) is 0 Å². The van der Waals surface area contributed by atoms with E-state index >= 15 is 0 Å². The summed E-state index contributed by atoms with van der Waals surface area (Å²) in [7, 11) is 0. The number of benzene rings is 2. The summed E-state index contributed by atoms with van der Waals surface area (Å²) in [6.07, 6.45) is 7.72. The first-order valence-electron chi connectivity index (χ1n) is 13.7. The van der Waals surface area contributed by atoms with Crippen LogP contribution in [0.4, 0.5) is 0 Å². The summed E-state index contributed by atoms with van der Waals surface area (Å²) < 4.78 is 21.5. The third kappa shape index (κ3) is 15.6. The summed E-state index contributed by atoms with van der Waals surface area (Å²) in [6, 6.07) is 15.3. The average Bonchev–Trinajstić information content (AvgIpc) is 2.92. The van der Waals surface area contributed by atoms with Crippen LogP contribution in [0.25, 0.3) is 6.08 Å². The summed E-state index contributed by atoms with van der Waals surface area (Å²) in [5.41, 5.74) is 3.61. The van der Waals surface area contributed by atoms with Crippen LogP contribution in [0.2, 0.25) is 0 Å². The van der Waals surface area contributed by atoms with E-state index in [2.05, 4.69) is 13.8 Å². The molecule has 0 aromatic heterocycles. The number of aryl methyl sites for hydroxylation is 1. The number of ether oxygens (including phenoxy) is 4. The van der Waals surface area contributed by atoms with Crippen molar-refractivity contribution in [3.8, 4) is 0 Å². The van der Waals surface area contributed by atoms with Crippen molar-refractivity contribution in [3.63, 3.8) is 0 Å². The highest BCUT2D eigenvalue weighted by atomic mass is 16.5. The van der Waals surface area contributed by atoms with E-state index in [1.807, 2.05) is 60.7 Å². The third-order valence-electron chi connectivity index (χ3n) is 5.42. The molecule has 0 aliphatic carbocycles. The number of rotatable bonds is 19. The van der Waals surface area contributed by atoms with E-state index < -0.39 is 0 Å². The van der Waals surface area contributed by atoms with E-state index in [4.69, 9.17) is 18.9 Å². The van der Waals surface area contributed by atoms with Crippen molar-refractivity contribution in [2.45, 2.75) is 53.4 Å². The second kappa shape index (κ2) is 22.4. The minimum absolute atomic E-state index is 0.0779. The predicted molar refractivity (Wildman–Crippen MR) is 154 cm³/mol. The van der Waals surface area contributed by atoms with Gasteiger partial charge in [-0.2, -0.15) is 0 Å². The van der Waals surface area contributed by atoms with E-state index in [0.29, 0.717) is 39.6 Å². The molecule has 0 fully saturated rings. The molecule has 0 radical (unpaired) electrons. The molecule has 0 heterocycles. The summed E-state index contributed by atoms with van der Waals surface area (Å²) in [5.74, 6) is 0.207. The van der Waals surface area contributed by atoms with Crippen LogP contribution < -0.4 is 0 Å². The van der Waals surface area contributed by atoms with Crippen molar-refractivity contribution in [1.29, 1.82) is 0 Å². The molecule has 0 saturated carbocycles. The number of carbonyl (C=O) groups excluding carboxylic acids is 2. The molecule has 0 saturated heterocycles. The summed E-state index contributed by atoms with van der Waals surface area (Å²) in [5, 5.41) is 0. The van der Waals surface area contributed by atoms with Crippen LogP contribution in [0, 0.1) is 0 Å². The zero-order chi connectivity index (χ0) is 27.8. The van der Waals surface area contributed by atoms with Crippen LogP contribution in [0.1, 0.15) is 78.8 Å². The number of Topliss-reactive ketones (excluding diaryl/α,β-unsaturated/α-hetero) is 2. The van der Waals surface area contributed by atoms with Gasteiger partial charge in [0.15, 0.2) is 11.6 Å². The first kappa shape index (κ1) is 33.4. The average molecular weight is 527 g/mol. The van der Waals surface area contributed by atoms with Crippen LogP contribution in [0.15, 0.2) is 54.6 Å². The lowest BCUT2D eigenvalue weighted by Crippen LogP contribution is -2.07. The van der Waals surface area contributed by atoms with Crippen molar-refractivity contribution >= 4 is 17.6 Å². The lowest BCUT2D eigenvalue weighted by atomic mass is 10.0. The molecule has 2 rings (SSSR count). The second-order valence-electron chi connectivity index (χ2n) is 8.77. The third-order valence-corrected chi connectivity index (χ3v) is 5.42. The fourth-order valence-corrected chi connectivity index (χ4v) is 3.57. The molecule has 6 heteroatoms. The van der Waals surface area contributed by atoms with E-state index in [-0.39, 0.29) is 11.6 Å². The Morgan fingerprint density at radius 2 is 1.18 bits per heavy atom. The summed E-state index contributed by atoms with van der Waals surface area (Å²) in [6.45, 7) is 12.7. The molecule has 0 unspecified atom stereocenters. The Kier molecular flexibility index (Phi) is 19.6. The quantitative estimate of drug-likeness (QED) is 0.151. The van der Waals surface area contributed by atoms with Crippen molar-refractivity contribution in [2.75, 3.05) is 52.9 Å². The Balaban J connectivity index is 0.000000380. The highest BCUT2D eigenvalue weighted by molar-refractivity contribution is 5.97. The van der Waals surface area contributed by atoms with Crippen LogP contribution in [0.5, 0.6) is 0 Å². The van der Waals surface area contributed by atoms with Gasteiger partial charge >= 0.3 is 0 Å². The predicted octanol–water partition coefficient (Wildman–Crippen LogP) is 6.61. The maximum atomic E-state index is 11.5. The molecule has 0 N–H and O–H groups in total. The van der Waals surface area contributed by atoms with Gasteiger partial charge < -0.3 is 18.9 Å². The Morgan fingerprint density at radius 1 is 0.658 bits per heavy atom. The molecular weight excluding hydrogens is 480 g/mol. The Hall–Kier alpha value is -2.64. The van der Waals surface area contributed by atoms with Crippen molar-refractivity contribution in [2.24, 2.45) is 0 Å². The molecule has 0 amide bonds. The topological polar surface area (TPSA) is 71.1 Å². The van der Waals surface area contributed by atoms with Gasteiger partial charge in [-0.15, -0.1) is 0 Å². The molecular formula is C32H46O6. The number of hydrogen-bond acceptors (Lipinski definition) is 6. The molecule has 0 aliphatic heterocycles. The van der Waals surface area contributed by atoms with E-state index in [9.17, 15) is 9.59 Å². The Morgan fingerprint density at radius 3 is 1.79 bits per heavy atom. The lowest BCUT2D eigenvalue weighted by Gasteiger charge is -2.07. The molecule has 2 aromatic carbocycles. The minimum atomic E-state index is 0.0779. The van der Waals surface area contributed by atoms with Crippen LogP contribution >= 0.6 is 0 Å². The standard InChI is InChI=1S/C16H24O3.C16H22O3/c2*1-3-10-18-12-13-19-11-6-8-15-7-4-5-9-16(15)14(2)17/h4-5,7,9H,3,6,8,10-13H2,1-2H3;4-9H,3,10-13H2,1-2H3/b;8-6+. The molecule has 2 aromatic rings. The fourth-order valence-electron chi connectivity index (χ4n) is 3.57. The van der Waals surface area contributed by atoms with Gasteiger partial charge in [-0.05, 0) is 50.7 Å². The smallest absolute Gasteiger partial charge is 0.160 e. The first-order valence-corrected chi connectivity index (χ1v) is 13.7. The van der Waals surface area contributed by atoms with Crippen molar-refractivity contribution < 1.29 is 28.5 Å². The molecule has 0 spiro atoms. The number of ketones is 2. The van der Waals surface area contributed by atoms with Gasteiger partial charge in [0.05, 0.1) is 33.0 Å². The molecule has 38 heavy (non-hydrogen) atoms. The van der Waals surface area contributed by atoms with Crippen LogP contribution in [-0.2, 0) is 25.4 Å². The highest BCUT2D eigenvalue weighted by Crippen LogP contribution is 2.12. The van der Waals surface area contributed by atoms with E-state index in [1.165, 1.54) is 0 Å². The molecule has 0 aliphatic rings. The van der Waals surface area contributed by atoms with Gasteiger partial charge in [0.2, 0.25) is 0 Å². The van der Waals surface area contributed by atoms with Gasteiger partial charge in [0.25, 0.3) is 0 Å². The molecule has 0 atom stereocenters. The molecule has 210 valence electrons. The summed E-state index contributed by atoms with van der Waals surface area (Å²) >= 11 is 0. The highest BCUT2D eigenvalue weighted by Gasteiger charge is 2.05. The second-order valence-corrected chi connectivity index (χ2v) is 8.77. The molecule has 6 nitrogen and oxygen atoms in total. The number of hydrogen-bond donors (Lipinski definition) is 0. The molecule has 0 bridgehead atoms. The van der Waals surface area contributed by atoms with Gasteiger partial charge in [-0.1, -0.05) is 74.5 Å². The SMILES string of the molecule is CCCOCCOC/C=C/c1ccccc1C(C)=O.CCCOCCOCCCc1ccccc1C(C)=O. The zero-order valence-electron chi connectivity index (χ0n) is 23.7. The zero-order valence-corrected chi connectivity index (χ0v) is 23.7. The largest absolute Gasteiger partial charge is 0.379 e. The normalized spacial score (nSPS) is 10.8. The lowest BCUT2D eigenvalue weighted by molar-refractivity contribution is 0.0472. The van der Waals surface area contributed by atoms with E-state index in [0.717, 1.165) is 61.2 Å². The number of carbonyl (C=O) groups is 2. The minimum Gasteiger partial charge on any atom is -0.379 e. The van der Waals surface area contributed by atoms with Crippen molar-refractivity contribution in [3.05, 3.63) is 76.9 Å². The van der Waals surface area contributed by atoms with Gasteiger partial charge in [-0.3, -0.25) is 9.59 Å². The van der Waals surface area contributed by atoms with Crippen LogP contribution in [0.3, 0.4) is 0 Å². The van der Waals surface area contributed by atoms with Crippen LogP contribution in [-0.4, -0.2) is 64.4 Å².